The maximum Gasteiger partial charge on any atom is 0.161 e. The Bertz CT molecular complexity index is 699. The normalized spacial score (nSPS) is 17.7. The van der Waals surface area contributed by atoms with Crippen molar-refractivity contribution < 1.29 is 14.6 Å². The Hall–Kier alpha value is -2.04. The highest BCUT2D eigenvalue weighted by Gasteiger charge is 2.29. The average Bonchev–Trinajstić information content (AvgIpc) is 2.76. The highest BCUT2D eigenvalue weighted by molar-refractivity contribution is 5.54. The summed E-state index contributed by atoms with van der Waals surface area (Å²) in [6.07, 6.45) is 1.87. The number of aliphatic hydroxyl groups excluding tert-OH is 1. The Balaban J connectivity index is 2.21. The highest BCUT2D eigenvalue weighted by atomic mass is 16.5. The Morgan fingerprint density at radius 2 is 1.70 bits per heavy atom. The molecule has 3 rings (SSSR count). The number of methoxy groups -OCH3 is 2. The molecule has 1 aliphatic rings. The van der Waals surface area contributed by atoms with Gasteiger partial charge in [-0.05, 0) is 47.2 Å². The van der Waals surface area contributed by atoms with Crippen molar-refractivity contribution in [2.45, 2.75) is 24.8 Å². The third kappa shape index (κ3) is 2.80. The molecule has 2 aromatic carbocycles. The fourth-order valence-electron chi connectivity index (χ4n) is 3.51. The van der Waals surface area contributed by atoms with E-state index in [1.165, 1.54) is 16.7 Å². The van der Waals surface area contributed by atoms with Crippen molar-refractivity contribution in [3.63, 3.8) is 0 Å². The molecule has 0 bridgehead atoms. The highest BCUT2D eigenvalue weighted by Crippen LogP contribution is 2.41. The quantitative estimate of drug-likeness (QED) is 0.909. The van der Waals surface area contributed by atoms with Crippen molar-refractivity contribution in [2.24, 2.45) is 5.73 Å². The van der Waals surface area contributed by atoms with Crippen LogP contribution in [-0.2, 0) is 12.8 Å². The van der Waals surface area contributed by atoms with E-state index < -0.39 is 0 Å². The number of aryl methyl sites for hydroxylation is 2. The van der Waals surface area contributed by atoms with E-state index in [2.05, 4.69) is 18.2 Å². The van der Waals surface area contributed by atoms with E-state index in [4.69, 9.17) is 15.2 Å². The zero-order chi connectivity index (χ0) is 16.4. The molecular formula is C19H23NO3. The van der Waals surface area contributed by atoms with Crippen LogP contribution in [0.15, 0.2) is 36.4 Å². The van der Waals surface area contributed by atoms with Crippen LogP contribution in [0.2, 0.25) is 0 Å². The molecule has 122 valence electrons. The van der Waals surface area contributed by atoms with Gasteiger partial charge in [0.05, 0.1) is 20.8 Å². The van der Waals surface area contributed by atoms with Crippen LogP contribution in [0.3, 0.4) is 0 Å². The monoisotopic (exact) mass is 313 g/mol. The lowest BCUT2D eigenvalue weighted by molar-refractivity contribution is 0.256. The molecule has 0 heterocycles. The van der Waals surface area contributed by atoms with Gasteiger partial charge in [0.25, 0.3) is 0 Å². The third-order valence-corrected chi connectivity index (χ3v) is 4.67. The fraction of sp³-hybridized carbons (Fsp3) is 0.368. The number of hydrogen-bond donors (Lipinski definition) is 2. The molecule has 0 saturated carbocycles. The molecule has 23 heavy (non-hydrogen) atoms. The molecule has 4 nitrogen and oxygen atoms in total. The zero-order valence-corrected chi connectivity index (χ0v) is 13.6. The van der Waals surface area contributed by atoms with Crippen molar-refractivity contribution in [1.82, 2.24) is 0 Å². The number of benzene rings is 2. The first kappa shape index (κ1) is 15.8. The number of aliphatic hydroxyl groups is 1. The van der Waals surface area contributed by atoms with Gasteiger partial charge in [-0.1, -0.05) is 24.3 Å². The molecule has 0 radical (unpaired) electrons. The van der Waals surface area contributed by atoms with Gasteiger partial charge >= 0.3 is 0 Å². The van der Waals surface area contributed by atoms with Gasteiger partial charge in [-0.3, -0.25) is 0 Å². The summed E-state index contributed by atoms with van der Waals surface area (Å²) in [5, 5.41) is 9.68. The van der Waals surface area contributed by atoms with E-state index in [-0.39, 0.29) is 18.6 Å². The molecule has 2 aromatic rings. The molecule has 2 unspecified atom stereocenters. The van der Waals surface area contributed by atoms with Gasteiger partial charge in [0, 0.05) is 12.0 Å². The standard InChI is InChI=1S/C19H23NO3/c1-22-17-9-13-8-7-12-5-3-4-6-14(12)19(16(20)11-21)15(13)10-18(17)23-2/h3-6,9-10,16,19,21H,7-8,11,20H2,1-2H3. The maximum atomic E-state index is 9.68. The van der Waals surface area contributed by atoms with Gasteiger partial charge in [-0.15, -0.1) is 0 Å². The van der Waals surface area contributed by atoms with Gasteiger partial charge in [-0.25, -0.2) is 0 Å². The molecule has 3 N–H and O–H groups in total. The topological polar surface area (TPSA) is 64.7 Å². The molecule has 0 aromatic heterocycles. The second kappa shape index (κ2) is 6.60. The van der Waals surface area contributed by atoms with E-state index in [1.807, 2.05) is 18.2 Å². The maximum absolute atomic E-state index is 9.68. The van der Waals surface area contributed by atoms with Gasteiger partial charge in [0.2, 0.25) is 0 Å². The van der Waals surface area contributed by atoms with Crippen LogP contribution in [0.25, 0.3) is 0 Å². The Morgan fingerprint density at radius 3 is 2.39 bits per heavy atom. The Labute approximate surface area is 136 Å². The minimum atomic E-state index is -0.355. The summed E-state index contributed by atoms with van der Waals surface area (Å²) >= 11 is 0. The molecule has 2 atom stereocenters. The first-order chi connectivity index (χ1) is 11.2. The van der Waals surface area contributed by atoms with Crippen molar-refractivity contribution in [2.75, 3.05) is 20.8 Å². The molecule has 0 amide bonds. The molecular weight excluding hydrogens is 290 g/mol. The SMILES string of the molecule is COc1cc2c(cc1OC)C(C(N)CO)c1ccccc1CC2. The number of rotatable bonds is 4. The van der Waals surface area contributed by atoms with E-state index in [0.29, 0.717) is 5.75 Å². The van der Waals surface area contributed by atoms with Crippen molar-refractivity contribution >= 4 is 0 Å². The van der Waals surface area contributed by atoms with Gasteiger partial charge in [-0.2, -0.15) is 0 Å². The average molecular weight is 313 g/mol. The predicted octanol–water partition coefficient (Wildman–Crippen LogP) is 2.25. The lowest BCUT2D eigenvalue weighted by atomic mass is 9.83. The van der Waals surface area contributed by atoms with Crippen molar-refractivity contribution in [1.29, 1.82) is 0 Å². The van der Waals surface area contributed by atoms with E-state index in [1.54, 1.807) is 14.2 Å². The summed E-state index contributed by atoms with van der Waals surface area (Å²) in [7, 11) is 3.28. The molecule has 0 saturated heterocycles. The molecule has 1 aliphatic carbocycles. The second-order valence-electron chi connectivity index (χ2n) is 5.93. The lowest BCUT2D eigenvalue weighted by Crippen LogP contribution is -2.33. The van der Waals surface area contributed by atoms with Crippen LogP contribution in [0.4, 0.5) is 0 Å². The predicted molar refractivity (Wildman–Crippen MR) is 90.3 cm³/mol. The third-order valence-electron chi connectivity index (χ3n) is 4.67. The summed E-state index contributed by atoms with van der Waals surface area (Å²) in [4.78, 5) is 0. The largest absolute Gasteiger partial charge is 0.493 e. The summed E-state index contributed by atoms with van der Waals surface area (Å²) in [6, 6.07) is 12.0. The minimum Gasteiger partial charge on any atom is -0.493 e. The lowest BCUT2D eigenvalue weighted by Gasteiger charge is -2.26. The van der Waals surface area contributed by atoms with Crippen LogP contribution >= 0.6 is 0 Å². The van der Waals surface area contributed by atoms with Gasteiger partial charge in [0.1, 0.15) is 0 Å². The summed E-state index contributed by atoms with van der Waals surface area (Å²) in [5.74, 6) is 1.38. The molecule has 0 aliphatic heterocycles. The van der Waals surface area contributed by atoms with Gasteiger partial charge < -0.3 is 20.3 Å². The minimum absolute atomic E-state index is 0.0477. The first-order valence-electron chi connectivity index (χ1n) is 7.88. The fourth-order valence-corrected chi connectivity index (χ4v) is 3.51. The van der Waals surface area contributed by atoms with Gasteiger partial charge in [0.15, 0.2) is 11.5 Å². The van der Waals surface area contributed by atoms with Crippen LogP contribution in [0.5, 0.6) is 11.5 Å². The Morgan fingerprint density at radius 1 is 1.04 bits per heavy atom. The van der Waals surface area contributed by atoms with Crippen LogP contribution in [-0.4, -0.2) is 32.0 Å². The summed E-state index contributed by atoms with van der Waals surface area (Å²) in [6.45, 7) is -0.0627. The molecule has 0 fully saturated rings. The summed E-state index contributed by atoms with van der Waals surface area (Å²) in [5.41, 5.74) is 11.1. The zero-order valence-electron chi connectivity index (χ0n) is 13.6. The second-order valence-corrected chi connectivity index (χ2v) is 5.93. The van der Waals surface area contributed by atoms with E-state index in [0.717, 1.165) is 24.2 Å². The number of ether oxygens (including phenoxy) is 2. The Kier molecular flexibility index (Phi) is 4.55. The number of hydrogen-bond acceptors (Lipinski definition) is 4. The van der Waals surface area contributed by atoms with Crippen molar-refractivity contribution in [3.05, 3.63) is 58.7 Å². The van der Waals surface area contributed by atoms with Crippen LogP contribution in [0, 0.1) is 0 Å². The number of fused-ring (bicyclic) bond motifs is 2. The van der Waals surface area contributed by atoms with E-state index in [9.17, 15) is 5.11 Å². The first-order valence-corrected chi connectivity index (χ1v) is 7.88. The summed E-state index contributed by atoms with van der Waals surface area (Å²) < 4.78 is 10.9. The molecule has 0 spiro atoms. The smallest absolute Gasteiger partial charge is 0.161 e. The molecule has 4 heteroatoms. The van der Waals surface area contributed by atoms with Crippen molar-refractivity contribution in [3.8, 4) is 11.5 Å². The number of nitrogens with two attached hydrogens (primary N) is 1. The van der Waals surface area contributed by atoms with Crippen LogP contribution in [0.1, 0.15) is 28.2 Å². The van der Waals surface area contributed by atoms with Crippen LogP contribution < -0.4 is 15.2 Å². The van der Waals surface area contributed by atoms with E-state index >= 15 is 0 Å².